The van der Waals surface area contributed by atoms with Gasteiger partial charge in [-0.3, -0.25) is 0 Å². The van der Waals surface area contributed by atoms with Crippen LogP contribution in [-0.4, -0.2) is 34.3 Å². The predicted octanol–water partition coefficient (Wildman–Crippen LogP) is 2.01. The van der Waals surface area contributed by atoms with E-state index in [4.69, 9.17) is 0 Å². The molecule has 1 aromatic heterocycles. The van der Waals surface area contributed by atoms with Gasteiger partial charge in [0.15, 0.2) is 5.03 Å². The van der Waals surface area contributed by atoms with Crippen molar-refractivity contribution in [1.82, 2.24) is 19.3 Å². The van der Waals surface area contributed by atoms with Crippen molar-refractivity contribution >= 4 is 10.0 Å². The number of sulfonamides is 1. The van der Waals surface area contributed by atoms with Gasteiger partial charge in [0.25, 0.3) is 10.0 Å². The molecule has 0 amide bonds. The van der Waals surface area contributed by atoms with E-state index in [9.17, 15) is 17.2 Å². The summed E-state index contributed by atoms with van der Waals surface area (Å²) < 4.78 is 55.4. The summed E-state index contributed by atoms with van der Waals surface area (Å²) >= 11 is 0. The first-order chi connectivity index (χ1) is 10.9. The average Bonchev–Trinajstić information content (AvgIpc) is 2.94. The Kier molecular flexibility index (Phi) is 4.15. The zero-order valence-electron chi connectivity index (χ0n) is 12.5. The van der Waals surface area contributed by atoms with Gasteiger partial charge < -0.3 is 0 Å². The highest BCUT2D eigenvalue weighted by molar-refractivity contribution is 7.89. The lowest BCUT2D eigenvalue weighted by atomic mass is 9.97. The molecule has 23 heavy (non-hydrogen) atoms. The lowest BCUT2D eigenvalue weighted by Gasteiger charge is -2.34. The van der Waals surface area contributed by atoms with E-state index in [0.717, 1.165) is 18.6 Å². The van der Waals surface area contributed by atoms with Crippen molar-refractivity contribution < 1.29 is 17.2 Å². The zero-order chi connectivity index (χ0) is 16.6. The maximum absolute atomic E-state index is 14.1. The third-order valence-corrected chi connectivity index (χ3v) is 5.97. The Bertz CT molecular complexity index is 822. The minimum absolute atomic E-state index is 0.0491. The van der Waals surface area contributed by atoms with Crippen molar-refractivity contribution in [3.8, 4) is 0 Å². The third kappa shape index (κ3) is 2.86. The summed E-state index contributed by atoms with van der Waals surface area (Å²) in [7, 11) is -2.38. The molecule has 0 bridgehead atoms. The fraction of sp³-hybridized carbons (Fsp3) is 0.429. The Morgan fingerprint density at radius 3 is 2.70 bits per heavy atom. The molecule has 0 aliphatic carbocycles. The summed E-state index contributed by atoms with van der Waals surface area (Å²) in [5.74, 6) is -1.42. The molecular weight excluding hydrogens is 326 g/mol. The third-order valence-electron chi connectivity index (χ3n) is 4.02. The van der Waals surface area contributed by atoms with Gasteiger partial charge in [-0.2, -0.15) is 4.31 Å². The van der Waals surface area contributed by atoms with Crippen LogP contribution in [0.1, 0.15) is 30.9 Å². The number of hydrogen-bond donors (Lipinski definition) is 0. The van der Waals surface area contributed by atoms with Gasteiger partial charge in [-0.1, -0.05) is 17.7 Å². The molecule has 0 spiro atoms. The van der Waals surface area contributed by atoms with Gasteiger partial charge in [-0.15, -0.1) is 5.10 Å². The summed E-state index contributed by atoms with van der Waals surface area (Å²) in [6.07, 6.45) is 3.11. The number of aryl methyl sites for hydroxylation is 1. The number of aromatic nitrogens is 3. The van der Waals surface area contributed by atoms with Crippen LogP contribution in [0, 0.1) is 11.6 Å². The lowest BCUT2D eigenvalue weighted by molar-refractivity contribution is 0.249. The number of nitrogens with zero attached hydrogens (tertiary/aromatic N) is 4. The van der Waals surface area contributed by atoms with Crippen LogP contribution in [0.3, 0.4) is 0 Å². The van der Waals surface area contributed by atoms with Crippen LogP contribution in [-0.2, 0) is 17.1 Å². The van der Waals surface area contributed by atoms with Gasteiger partial charge in [-0.25, -0.2) is 21.9 Å². The highest BCUT2D eigenvalue weighted by atomic mass is 32.2. The number of hydrogen-bond acceptors (Lipinski definition) is 4. The predicted molar refractivity (Wildman–Crippen MR) is 77.8 cm³/mol. The van der Waals surface area contributed by atoms with Gasteiger partial charge in [0.1, 0.15) is 11.6 Å². The van der Waals surface area contributed by atoms with Crippen LogP contribution in [0.2, 0.25) is 0 Å². The van der Waals surface area contributed by atoms with Crippen LogP contribution < -0.4 is 0 Å². The Labute approximate surface area is 132 Å². The van der Waals surface area contributed by atoms with E-state index < -0.39 is 27.7 Å². The molecule has 1 aromatic carbocycles. The molecule has 2 aromatic rings. The van der Waals surface area contributed by atoms with Crippen LogP contribution in [0.15, 0.2) is 29.4 Å². The lowest BCUT2D eigenvalue weighted by Crippen LogP contribution is -2.39. The van der Waals surface area contributed by atoms with Crippen LogP contribution in [0.4, 0.5) is 8.78 Å². The molecule has 0 N–H and O–H groups in total. The monoisotopic (exact) mass is 342 g/mol. The molecule has 0 saturated carbocycles. The Hall–Kier alpha value is -1.87. The van der Waals surface area contributed by atoms with Crippen molar-refractivity contribution in [2.24, 2.45) is 7.05 Å². The summed E-state index contributed by atoms with van der Waals surface area (Å²) in [6.45, 7) is 0.273. The Morgan fingerprint density at radius 2 is 2.04 bits per heavy atom. The van der Waals surface area contributed by atoms with Crippen LogP contribution in [0.25, 0.3) is 0 Å². The molecule has 1 atom stereocenters. The summed E-state index contributed by atoms with van der Waals surface area (Å²) in [5.41, 5.74) is 0.185. The smallest absolute Gasteiger partial charge is 0.236 e. The van der Waals surface area contributed by atoms with Crippen molar-refractivity contribution in [3.63, 3.8) is 0 Å². The molecule has 6 nitrogen and oxygen atoms in total. The van der Waals surface area contributed by atoms with Gasteiger partial charge in [-0.05, 0) is 18.9 Å². The highest BCUT2D eigenvalue weighted by Gasteiger charge is 2.37. The minimum atomic E-state index is -3.86. The second kappa shape index (κ2) is 5.97. The second-order valence-corrected chi connectivity index (χ2v) is 7.33. The van der Waals surface area contributed by atoms with E-state index in [0.29, 0.717) is 12.8 Å². The van der Waals surface area contributed by atoms with Crippen LogP contribution >= 0.6 is 0 Å². The number of piperidine rings is 1. The molecular formula is C14H16F2N4O2S. The second-order valence-electron chi connectivity index (χ2n) is 5.49. The summed E-state index contributed by atoms with van der Waals surface area (Å²) in [5, 5.41) is 7.19. The van der Waals surface area contributed by atoms with Gasteiger partial charge in [0, 0.05) is 25.2 Å². The van der Waals surface area contributed by atoms with E-state index in [2.05, 4.69) is 10.3 Å². The van der Waals surface area contributed by atoms with Gasteiger partial charge in [0.05, 0.1) is 12.2 Å². The first kappa shape index (κ1) is 16.0. The largest absolute Gasteiger partial charge is 0.262 e. The fourth-order valence-electron chi connectivity index (χ4n) is 2.91. The first-order valence-electron chi connectivity index (χ1n) is 7.23. The van der Waals surface area contributed by atoms with Crippen LogP contribution in [0.5, 0.6) is 0 Å². The molecule has 3 rings (SSSR count). The quantitative estimate of drug-likeness (QED) is 0.856. The molecule has 1 saturated heterocycles. The molecule has 124 valence electrons. The van der Waals surface area contributed by atoms with Crippen molar-refractivity contribution in [2.45, 2.75) is 30.3 Å². The Balaban J connectivity index is 2.04. The SMILES string of the molecule is Cn1nncc1S(=O)(=O)N1CCCCC1c1ccc(F)cc1F. The molecule has 1 fully saturated rings. The van der Waals surface area contributed by atoms with E-state index in [1.165, 1.54) is 28.3 Å². The zero-order valence-corrected chi connectivity index (χ0v) is 13.3. The standard InChI is InChI=1S/C14H16F2N4O2S/c1-19-14(9-17-18-19)23(21,22)20-7-3-2-4-13(20)11-6-5-10(15)8-12(11)16/h5-6,8-9,13H,2-4,7H2,1H3. The normalized spacial score (nSPS) is 19.9. The maximum atomic E-state index is 14.1. The molecule has 1 aliphatic rings. The maximum Gasteiger partial charge on any atom is 0.262 e. The molecule has 2 heterocycles. The number of rotatable bonds is 3. The van der Waals surface area contributed by atoms with E-state index >= 15 is 0 Å². The Morgan fingerprint density at radius 1 is 1.26 bits per heavy atom. The van der Waals surface area contributed by atoms with E-state index in [1.54, 1.807) is 0 Å². The van der Waals surface area contributed by atoms with Crippen molar-refractivity contribution in [3.05, 3.63) is 41.6 Å². The highest BCUT2D eigenvalue weighted by Crippen LogP contribution is 2.36. The number of benzene rings is 1. The molecule has 0 radical (unpaired) electrons. The molecule has 1 unspecified atom stereocenters. The summed E-state index contributed by atoms with van der Waals surface area (Å²) in [6, 6.07) is 2.57. The molecule has 1 aliphatic heterocycles. The van der Waals surface area contributed by atoms with Crippen molar-refractivity contribution in [1.29, 1.82) is 0 Å². The first-order valence-corrected chi connectivity index (χ1v) is 8.67. The summed E-state index contributed by atoms with van der Waals surface area (Å²) in [4.78, 5) is 0. The van der Waals surface area contributed by atoms with E-state index in [-0.39, 0.29) is 17.1 Å². The van der Waals surface area contributed by atoms with Gasteiger partial charge >= 0.3 is 0 Å². The fourth-order valence-corrected chi connectivity index (χ4v) is 4.62. The number of halogens is 2. The van der Waals surface area contributed by atoms with Crippen molar-refractivity contribution in [2.75, 3.05) is 6.54 Å². The topological polar surface area (TPSA) is 68.1 Å². The van der Waals surface area contributed by atoms with E-state index in [1.807, 2.05) is 0 Å². The minimum Gasteiger partial charge on any atom is -0.236 e. The van der Waals surface area contributed by atoms with Gasteiger partial charge in [0.2, 0.25) is 0 Å². The average molecular weight is 342 g/mol. The molecule has 9 heteroatoms.